The van der Waals surface area contributed by atoms with Crippen molar-refractivity contribution < 1.29 is 9.53 Å². The summed E-state index contributed by atoms with van der Waals surface area (Å²) < 4.78 is 5.79. The largest absolute Gasteiger partial charge is 0.377 e. The van der Waals surface area contributed by atoms with Crippen LogP contribution in [0.25, 0.3) is 0 Å². The molecule has 144 valence electrons. The third-order valence-corrected chi connectivity index (χ3v) is 4.38. The molecule has 0 aromatic carbocycles. The molecule has 1 aliphatic carbocycles. The topological polar surface area (TPSA) is 77.2 Å². The predicted octanol–water partition coefficient (Wildman–Crippen LogP) is 2.90. The molecule has 1 saturated carbocycles. The van der Waals surface area contributed by atoms with Gasteiger partial charge in [0.2, 0.25) is 5.91 Å². The number of rotatable bonds is 8. The van der Waals surface area contributed by atoms with Gasteiger partial charge in [0.1, 0.15) is 0 Å². The van der Waals surface area contributed by atoms with Gasteiger partial charge in [0.25, 0.3) is 0 Å². The molecule has 3 atom stereocenters. The van der Waals surface area contributed by atoms with Crippen LogP contribution in [0.4, 0.5) is 0 Å². The number of carbonyl (C=O) groups excluding carboxylic acids is 1. The van der Waals surface area contributed by atoms with Crippen LogP contribution in [-0.4, -0.2) is 36.2 Å². The van der Waals surface area contributed by atoms with Gasteiger partial charge in [-0.25, -0.2) is 0 Å². The van der Waals surface area contributed by atoms with Crippen LogP contribution in [-0.2, 0) is 16.0 Å². The van der Waals surface area contributed by atoms with Crippen molar-refractivity contribution in [2.45, 2.75) is 57.6 Å². The minimum Gasteiger partial charge on any atom is -0.377 e. The number of ether oxygens (including phenoxy) is 1. The second kappa shape index (κ2) is 13.3. The monoisotopic (exact) mass is 391 g/mol. The lowest BCUT2D eigenvalue weighted by atomic mass is 9.83. The highest BCUT2D eigenvalue weighted by Crippen LogP contribution is 2.26. The first kappa shape index (κ1) is 24.1. The smallest absolute Gasteiger partial charge is 0.223 e. The first-order valence-corrected chi connectivity index (χ1v) is 8.75. The minimum atomic E-state index is 0. The summed E-state index contributed by atoms with van der Waals surface area (Å²) in [5.41, 5.74) is 7.17. The summed E-state index contributed by atoms with van der Waals surface area (Å²) in [6.45, 7) is 3.50. The molecule has 25 heavy (non-hydrogen) atoms. The number of nitrogens with two attached hydrogens (primary N) is 1. The van der Waals surface area contributed by atoms with E-state index in [1.165, 1.54) is 0 Å². The fourth-order valence-corrected chi connectivity index (χ4v) is 3.02. The molecule has 5 nitrogen and oxygen atoms in total. The van der Waals surface area contributed by atoms with Gasteiger partial charge in [0, 0.05) is 37.0 Å². The number of halogens is 2. The Bertz CT molecular complexity index is 477. The molecule has 1 aromatic heterocycles. The lowest BCUT2D eigenvalue weighted by Crippen LogP contribution is -2.46. The van der Waals surface area contributed by atoms with E-state index in [0.717, 1.165) is 50.8 Å². The van der Waals surface area contributed by atoms with Gasteiger partial charge in [-0.15, -0.1) is 24.8 Å². The Morgan fingerprint density at radius 2 is 2.16 bits per heavy atom. The lowest BCUT2D eigenvalue weighted by molar-refractivity contribution is -0.128. The molecule has 0 bridgehead atoms. The quantitative estimate of drug-likeness (QED) is 0.667. The fourth-order valence-electron chi connectivity index (χ4n) is 3.02. The number of pyridine rings is 1. The predicted molar refractivity (Wildman–Crippen MR) is 105 cm³/mol. The van der Waals surface area contributed by atoms with Crippen LogP contribution in [0.3, 0.4) is 0 Å². The number of carbonyl (C=O) groups is 1. The maximum Gasteiger partial charge on any atom is 0.223 e. The van der Waals surface area contributed by atoms with E-state index in [-0.39, 0.29) is 48.8 Å². The number of hydrogen-bond acceptors (Lipinski definition) is 4. The van der Waals surface area contributed by atoms with E-state index >= 15 is 0 Å². The molecular weight excluding hydrogens is 361 g/mol. The summed E-state index contributed by atoms with van der Waals surface area (Å²) in [4.78, 5) is 16.6. The molecule has 0 unspecified atom stereocenters. The Balaban J connectivity index is 0.00000288. The molecule has 1 heterocycles. The van der Waals surface area contributed by atoms with E-state index in [1.807, 2.05) is 18.2 Å². The molecule has 1 aliphatic rings. The average molecular weight is 392 g/mol. The lowest BCUT2D eigenvalue weighted by Gasteiger charge is -2.33. The molecule has 2 rings (SSSR count). The zero-order chi connectivity index (χ0) is 16.5. The molecule has 1 fully saturated rings. The number of aromatic nitrogens is 1. The zero-order valence-electron chi connectivity index (χ0n) is 14.9. The fraction of sp³-hybridized carbons (Fsp3) is 0.667. The van der Waals surface area contributed by atoms with Gasteiger partial charge < -0.3 is 15.8 Å². The van der Waals surface area contributed by atoms with Gasteiger partial charge in [-0.3, -0.25) is 9.78 Å². The summed E-state index contributed by atoms with van der Waals surface area (Å²) in [7, 11) is 0. The van der Waals surface area contributed by atoms with E-state index in [1.54, 1.807) is 6.20 Å². The SMILES string of the molecule is CCCO[C@H]1C[C@@H](C(=O)NCCCc2ccccn2)CC[C@@H]1N.Cl.Cl. The highest BCUT2D eigenvalue weighted by molar-refractivity contribution is 5.85. The molecule has 0 saturated heterocycles. The van der Waals surface area contributed by atoms with E-state index in [4.69, 9.17) is 10.5 Å². The Kier molecular flexibility index (Phi) is 12.9. The first-order valence-electron chi connectivity index (χ1n) is 8.75. The second-order valence-corrected chi connectivity index (χ2v) is 6.30. The van der Waals surface area contributed by atoms with E-state index in [0.29, 0.717) is 6.54 Å². The Labute approximate surface area is 163 Å². The molecule has 3 N–H and O–H groups in total. The third kappa shape index (κ3) is 8.36. The summed E-state index contributed by atoms with van der Waals surface area (Å²) >= 11 is 0. The van der Waals surface area contributed by atoms with Gasteiger partial charge >= 0.3 is 0 Å². The number of hydrogen-bond donors (Lipinski definition) is 2. The summed E-state index contributed by atoms with van der Waals surface area (Å²) in [6, 6.07) is 5.98. The van der Waals surface area contributed by atoms with Crippen molar-refractivity contribution in [3.05, 3.63) is 30.1 Å². The number of aryl methyl sites for hydroxylation is 1. The number of nitrogens with one attached hydrogen (secondary N) is 1. The molecule has 0 aliphatic heterocycles. The van der Waals surface area contributed by atoms with Crippen molar-refractivity contribution in [1.82, 2.24) is 10.3 Å². The highest BCUT2D eigenvalue weighted by Gasteiger charge is 2.32. The van der Waals surface area contributed by atoms with Crippen molar-refractivity contribution in [2.75, 3.05) is 13.2 Å². The van der Waals surface area contributed by atoms with Crippen LogP contribution in [0.1, 0.15) is 44.7 Å². The molecule has 7 heteroatoms. The van der Waals surface area contributed by atoms with Crippen molar-refractivity contribution in [2.24, 2.45) is 11.7 Å². The van der Waals surface area contributed by atoms with E-state index in [2.05, 4.69) is 17.2 Å². The van der Waals surface area contributed by atoms with Crippen molar-refractivity contribution in [3.63, 3.8) is 0 Å². The molecule has 0 spiro atoms. The minimum absolute atomic E-state index is 0. The van der Waals surface area contributed by atoms with Gasteiger partial charge in [-0.05, 0) is 50.7 Å². The maximum atomic E-state index is 12.3. The average Bonchev–Trinajstić information content (AvgIpc) is 2.58. The third-order valence-electron chi connectivity index (χ3n) is 4.38. The van der Waals surface area contributed by atoms with Crippen LogP contribution in [0.15, 0.2) is 24.4 Å². The second-order valence-electron chi connectivity index (χ2n) is 6.30. The standard InChI is InChI=1S/C18H29N3O2.2ClH/c1-2-12-23-17-13-14(8-9-16(17)19)18(22)21-11-5-7-15-6-3-4-10-20-15;;/h3-4,6,10,14,16-17H,2,5,7-9,11-13,19H2,1H3,(H,21,22);2*1H/t14-,16-,17-;;/m0../s1. The normalized spacial score (nSPS) is 22.4. The zero-order valence-corrected chi connectivity index (χ0v) is 16.5. The number of nitrogens with zero attached hydrogens (tertiary/aromatic N) is 1. The van der Waals surface area contributed by atoms with Crippen LogP contribution >= 0.6 is 24.8 Å². The summed E-state index contributed by atoms with van der Waals surface area (Å²) in [6.07, 6.45) is 7.06. The summed E-state index contributed by atoms with van der Waals surface area (Å²) in [5, 5.41) is 3.05. The van der Waals surface area contributed by atoms with Crippen molar-refractivity contribution in [1.29, 1.82) is 0 Å². The van der Waals surface area contributed by atoms with Crippen LogP contribution in [0.5, 0.6) is 0 Å². The Morgan fingerprint density at radius 3 is 2.84 bits per heavy atom. The summed E-state index contributed by atoms with van der Waals surface area (Å²) in [5.74, 6) is 0.175. The molecule has 1 amide bonds. The van der Waals surface area contributed by atoms with Gasteiger partial charge in [0.05, 0.1) is 6.10 Å². The van der Waals surface area contributed by atoms with Crippen molar-refractivity contribution in [3.8, 4) is 0 Å². The molecule has 1 aromatic rings. The van der Waals surface area contributed by atoms with Crippen molar-refractivity contribution >= 4 is 30.7 Å². The van der Waals surface area contributed by atoms with Crippen LogP contribution in [0, 0.1) is 5.92 Å². The Hall–Kier alpha value is -0.880. The van der Waals surface area contributed by atoms with Gasteiger partial charge in [-0.2, -0.15) is 0 Å². The van der Waals surface area contributed by atoms with Crippen LogP contribution in [0.2, 0.25) is 0 Å². The highest BCUT2D eigenvalue weighted by atomic mass is 35.5. The maximum absolute atomic E-state index is 12.3. The van der Waals surface area contributed by atoms with Gasteiger partial charge in [0.15, 0.2) is 0 Å². The first-order chi connectivity index (χ1) is 11.2. The van der Waals surface area contributed by atoms with Crippen LogP contribution < -0.4 is 11.1 Å². The molecular formula is C18H31Cl2N3O2. The van der Waals surface area contributed by atoms with E-state index in [9.17, 15) is 4.79 Å². The number of amides is 1. The van der Waals surface area contributed by atoms with Gasteiger partial charge in [-0.1, -0.05) is 13.0 Å². The molecule has 0 radical (unpaired) electrons. The Morgan fingerprint density at radius 1 is 1.36 bits per heavy atom. The van der Waals surface area contributed by atoms with E-state index < -0.39 is 0 Å².